The number of pyridine rings is 1. The minimum atomic E-state index is -4.47. The van der Waals surface area contributed by atoms with E-state index >= 15 is 0 Å². The van der Waals surface area contributed by atoms with Crippen molar-refractivity contribution < 1.29 is 13.2 Å². The van der Waals surface area contributed by atoms with Crippen LogP contribution in [-0.4, -0.2) is 42.1 Å². The molecule has 0 aliphatic carbocycles. The lowest BCUT2D eigenvalue weighted by atomic mass is 10.0. The molecule has 1 aromatic carbocycles. The molecule has 34 heavy (non-hydrogen) atoms. The van der Waals surface area contributed by atoms with E-state index in [0.717, 1.165) is 23.0 Å². The van der Waals surface area contributed by atoms with Gasteiger partial charge in [-0.3, -0.25) is 0 Å². The summed E-state index contributed by atoms with van der Waals surface area (Å²) >= 11 is 0. The quantitative estimate of drug-likeness (QED) is 0.602. The zero-order valence-corrected chi connectivity index (χ0v) is 18.9. The highest BCUT2D eigenvalue weighted by Crippen LogP contribution is 2.36. The largest absolute Gasteiger partial charge is 0.419 e. The third-order valence-electron chi connectivity index (χ3n) is 5.62. The number of nitrogens with one attached hydrogen (secondary N) is 1. The number of hydrogen-bond donors (Lipinski definition) is 1. The van der Waals surface area contributed by atoms with Crippen LogP contribution in [0.1, 0.15) is 28.8 Å². The van der Waals surface area contributed by atoms with Crippen molar-refractivity contribution in [3.05, 3.63) is 65.0 Å². The van der Waals surface area contributed by atoms with Crippen molar-refractivity contribution >= 4 is 23.3 Å². The number of hydrogen-bond acceptors (Lipinski definition) is 7. The van der Waals surface area contributed by atoms with Crippen molar-refractivity contribution in [2.24, 2.45) is 0 Å². The van der Waals surface area contributed by atoms with Crippen molar-refractivity contribution in [1.82, 2.24) is 15.0 Å². The molecule has 176 valence electrons. The van der Waals surface area contributed by atoms with Gasteiger partial charge >= 0.3 is 6.18 Å². The molecule has 0 fully saturated rings. The molecular weight excluding hydrogens is 443 g/mol. The average Bonchev–Trinajstić information content (AvgIpc) is 2.80. The molecule has 3 heterocycles. The van der Waals surface area contributed by atoms with E-state index in [0.29, 0.717) is 49.7 Å². The standard InChI is InChI=1S/C24H24F3N7/c1-33(2)23-31-20-11-14-34(22-19(24(25,26)27)6-3-12-29-22)13-4-5-18(20)21(32-23)30-17-9-7-16(15-28)8-10-17/h3,6-10,12H,4-5,11,13-14H2,1-2H3,(H,30,31,32). The van der Waals surface area contributed by atoms with Crippen LogP contribution in [0.2, 0.25) is 0 Å². The molecule has 0 radical (unpaired) electrons. The SMILES string of the molecule is CN(C)c1nc2c(c(Nc3ccc(C#N)cc3)n1)CCCN(c1ncccc1C(F)(F)F)CC2. The minimum absolute atomic E-state index is 0.0451. The molecule has 4 rings (SSSR count). The molecule has 0 bridgehead atoms. The highest BCUT2D eigenvalue weighted by atomic mass is 19.4. The van der Waals surface area contributed by atoms with E-state index in [1.165, 1.54) is 12.3 Å². The second-order valence-corrected chi connectivity index (χ2v) is 8.22. The number of anilines is 4. The molecule has 10 heteroatoms. The fourth-order valence-electron chi connectivity index (χ4n) is 3.94. The fraction of sp³-hybridized carbons (Fsp3) is 0.333. The van der Waals surface area contributed by atoms with E-state index in [9.17, 15) is 13.2 Å². The number of aromatic nitrogens is 3. The number of fused-ring (bicyclic) bond motifs is 1. The highest BCUT2D eigenvalue weighted by molar-refractivity contribution is 5.63. The Labute approximate surface area is 195 Å². The van der Waals surface area contributed by atoms with Crippen molar-refractivity contribution in [2.45, 2.75) is 25.4 Å². The molecule has 0 saturated heterocycles. The monoisotopic (exact) mass is 467 g/mol. The summed E-state index contributed by atoms with van der Waals surface area (Å²) in [6, 6.07) is 11.6. The van der Waals surface area contributed by atoms with Gasteiger partial charge in [-0.05, 0) is 49.2 Å². The van der Waals surface area contributed by atoms with Gasteiger partial charge in [-0.25, -0.2) is 9.97 Å². The van der Waals surface area contributed by atoms with Crippen LogP contribution in [-0.2, 0) is 19.0 Å². The molecule has 0 amide bonds. The molecule has 0 spiro atoms. The van der Waals surface area contributed by atoms with Gasteiger partial charge in [0.25, 0.3) is 0 Å². The maximum Gasteiger partial charge on any atom is 0.419 e. The van der Waals surface area contributed by atoms with Crippen LogP contribution in [0, 0.1) is 11.3 Å². The van der Waals surface area contributed by atoms with Gasteiger partial charge in [-0.2, -0.15) is 23.4 Å². The van der Waals surface area contributed by atoms with Crippen molar-refractivity contribution in [3.8, 4) is 6.07 Å². The lowest BCUT2D eigenvalue weighted by molar-refractivity contribution is -0.137. The summed E-state index contributed by atoms with van der Waals surface area (Å²) in [7, 11) is 3.68. The molecule has 2 aromatic heterocycles. The van der Waals surface area contributed by atoms with Crippen LogP contribution < -0.4 is 15.1 Å². The normalized spacial score (nSPS) is 13.9. The van der Waals surface area contributed by atoms with E-state index < -0.39 is 11.7 Å². The van der Waals surface area contributed by atoms with Gasteiger partial charge in [-0.15, -0.1) is 0 Å². The van der Waals surface area contributed by atoms with Crippen LogP contribution in [0.3, 0.4) is 0 Å². The first-order valence-electron chi connectivity index (χ1n) is 10.9. The zero-order chi connectivity index (χ0) is 24.3. The number of nitrogens with zero attached hydrogens (tertiary/aromatic N) is 6. The summed E-state index contributed by atoms with van der Waals surface area (Å²) in [6.45, 7) is 0.790. The van der Waals surface area contributed by atoms with Crippen molar-refractivity contribution in [3.63, 3.8) is 0 Å². The number of benzene rings is 1. The summed E-state index contributed by atoms with van der Waals surface area (Å²) in [4.78, 5) is 16.9. The molecule has 0 saturated carbocycles. The van der Waals surface area contributed by atoms with Gasteiger partial charge in [0, 0.05) is 51.1 Å². The van der Waals surface area contributed by atoms with E-state index in [-0.39, 0.29) is 5.82 Å². The van der Waals surface area contributed by atoms with Gasteiger partial charge in [-0.1, -0.05) is 0 Å². The van der Waals surface area contributed by atoms with Gasteiger partial charge in [0.15, 0.2) is 0 Å². The maximum absolute atomic E-state index is 13.6. The van der Waals surface area contributed by atoms with Crippen molar-refractivity contribution in [2.75, 3.05) is 42.3 Å². The minimum Gasteiger partial charge on any atom is -0.356 e. The number of alkyl halides is 3. The molecular formula is C24H24F3N7. The first kappa shape index (κ1) is 23.3. The van der Waals surface area contributed by atoms with Gasteiger partial charge in [0.05, 0.1) is 22.9 Å². The van der Waals surface area contributed by atoms with E-state index in [1.807, 2.05) is 26.2 Å². The van der Waals surface area contributed by atoms with E-state index in [2.05, 4.69) is 21.4 Å². The first-order valence-corrected chi connectivity index (χ1v) is 10.9. The second-order valence-electron chi connectivity index (χ2n) is 8.22. The van der Waals surface area contributed by atoms with Gasteiger partial charge < -0.3 is 15.1 Å². The van der Waals surface area contributed by atoms with Crippen molar-refractivity contribution in [1.29, 1.82) is 5.26 Å². The first-order chi connectivity index (χ1) is 16.3. The fourth-order valence-corrected chi connectivity index (χ4v) is 3.94. The molecule has 1 N–H and O–H groups in total. The van der Waals surface area contributed by atoms with Crippen LogP contribution in [0.25, 0.3) is 0 Å². The summed E-state index contributed by atoms with van der Waals surface area (Å²) in [5, 5.41) is 12.4. The van der Waals surface area contributed by atoms with E-state index in [1.54, 1.807) is 21.9 Å². The lowest BCUT2D eigenvalue weighted by Gasteiger charge is -2.29. The maximum atomic E-state index is 13.6. The number of halogens is 3. The Morgan fingerprint density at radius 1 is 1.06 bits per heavy atom. The Hall–Kier alpha value is -3.87. The Kier molecular flexibility index (Phi) is 6.54. The summed E-state index contributed by atoms with van der Waals surface area (Å²) in [5.41, 5.74) is 2.37. The van der Waals surface area contributed by atoms with Crippen LogP contribution >= 0.6 is 0 Å². The average molecular weight is 467 g/mol. The number of rotatable bonds is 4. The van der Waals surface area contributed by atoms with Crippen LogP contribution in [0.5, 0.6) is 0 Å². The topological polar surface area (TPSA) is 81.0 Å². The Morgan fingerprint density at radius 2 is 1.82 bits per heavy atom. The smallest absolute Gasteiger partial charge is 0.356 e. The third-order valence-corrected chi connectivity index (χ3v) is 5.62. The predicted molar refractivity (Wildman–Crippen MR) is 124 cm³/mol. The molecule has 0 unspecified atom stereocenters. The zero-order valence-electron chi connectivity index (χ0n) is 18.9. The van der Waals surface area contributed by atoms with Gasteiger partial charge in [0.1, 0.15) is 11.6 Å². The Morgan fingerprint density at radius 3 is 2.50 bits per heavy atom. The summed E-state index contributed by atoms with van der Waals surface area (Å²) < 4.78 is 40.7. The highest BCUT2D eigenvalue weighted by Gasteiger charge is 2.36. The van der Waals surface area contributed by atoms with Gasteiger partial charge in [0.2, 0.25) is 5.95 Å². The van der Waals surface area contributed by atoms with E-state index in [4.69, 9.17) is 10.2 Å². The predicted octanol–water partition coefficient (Wildman–Crippen LogP) is 4.57. The molecule has 0 atom stereocenters. The molecule has 1 aliphatic heterocycles. The Bertz CT molecular complexity index is 1200. The van der Waals surface area contributed by atoms with Crippen LogP contribution in [0.4, 0.5) is 36.4 Å². The Balaban J connectivity index is 1.66. The summed E-state index contributed by atoms with van der Waals surface area (Å²) in [5.74, 6) is 1.13. The van der Waals surface area contributed by atoms with Crippen LogP contribution in [0.15, 0.2) is 42.6 Å². The molecule has 3 aromatic rings. The molecule has 1 aliphatic rings. The summed E-state index contributed by atoms with van der Waals surface area (Å²) in [6.07, 6.45) is -1.40. The third kappa shape index (κ3) is 5.03. The number of nitriles is 1. The lowest BCUT2D eigenvalue weighted by Crippen LogP contribution is -2.32. The molecule has 7 nitrogen and oxygen atoms in total. The second kappa shape index (κ2) is 9.55.